The molecule has 5 rings (SSSR count). The molecule has 3 aliphatic rings. The number of anilines is 1. The second kappa shape index (κ2) is 9.09. The Morgan fingerprint density at radius 2 is 2.00 bits per heavy atom. The van der Waals surface area contributed by atoms with E-state index in [0.29, 0.717) is 26.1 Å². The molecular weight excluding hydrogens is 416 g/mol. The number of nitrogens with zero attached hydrogens (tertiary/aromatic N) is 5. The summed E-state index contributed by atoms with van der Waals surface area (Å²) in [4.78, 5) is 41.8. The first-order valence-electron chi connectivity index (χ1n) is 12.0. The van der Waals surface area contributed by atoms with Gasteiger partial charge in [-0.05, 0) is 44.4 Å². The number of amides is 2. The molecule has 1 fully saturated rings. The van der Waals surface area contributed by atoms with Crippen LogP contribution in [0.2, 0.25) is 0 Å². The summed E-state index contributed by atoms with van der Waals surface area (Å²) in [5.74, 6) is 1.73. The number of carbonyl (C=O) groups excluding carboxylic acids is 2. The Balaban J connectivity index is 1.32. The molecule has 0 saturated carbocycles. The number of aromatic nitrogens is 2. The van der Waals surface area contributed by atoms with Gasteiger partial charge in [0, 0.05) is 57.3 Å². The van der Waals surface area contributed by atoms with Crippen molar-refractivity contribution in [2.45, 2.75) is 51.2 Å². The van der Waals surface area contributed by atoms with Crippen LogP contribution in [0.5, 0.6) is 0 Å². The number of rotatable bonds is 5. The molecule has 0 bridgehead atoms. The van der Waals surface area contributed by atoms with Crippen LogP contribution in [0.15, 0.2) is 24.3 Å². The van der Waals surface area contributed by atoms with Gasteiger partial charge in [0.05, 0.1) is 11.7 Å². The third kappa shape index (κ3) is 4.19. The minimum Gasteiger partial charge on any atom is -0.373 e. The Morgan fingerprint density at radius 3 is 2.82 bits per heavy atom. The van der Waals surface area contributed by atoms with Gasteiger partial charge in [0.25, 0.3) is 5.91 Å². The smallest absolute Gasteiger partial charge is 0.254 e. The Labute approximate surface area is 195 Å². The fourth-order valence-corrected chi connectivity index (χ4v) is 5.30. The van der Waals surface area contributed by atoms with Crippen LogP contribution in [-0.2, 0) is 24.3 Å². The number of fused-ring (bicyclic) bond motifs is 2. The molecule has 1 saturated heterocycles. The van der Waals surface area contributed by atoms with E-state index < -0.39 is 0 Å². The third-order valence-electron chi connectivity index (χ3n) is 7.12. The summed E-state index contributed by atoms with van der Waals surface area (Å²) in [6.45, 7) is 3.54. The first-order valence-corrected chi connectivity index (χ1v) is 12.0. The minimum absolute atomic E-state index is 0.0226. The number of carbonyl (C=O) groups is 2. The van der Waals surface area contributed by atoms with Crippen LogP contribution >= 0.6 is 0 Å². The van der Waals surface area contributed by atoms with Crippen LogP contribution in [0.25, 0.3) is 0 Å². The SMILES string of the molecule is CNc1nc([C@H]2CCCCN2C(=O)CCN2Cc3ccccc3C2=O)nc2c1CCN(C)C2. The molecule has 174 valence electrons. The average molecular weight is 449 g/mol. The van der Waals surface area contributed by atoms with E-state index in [-0.39, 0.29) is 17.9 Å². The number of benzene rings is 1. The van der Waals surface area contributed by atoms with Gasteiger partial charge in [0.15, 0.2) is 5.82 Å². The molecule has 8 nitrogen and oxygen atoms in total. The lowest BCUT2D eigenvalue weighted by molar-refractivity contribution is -0.135. The van der Waals surface area contributed by atoms with Crippen molar-refractivity contribution < 1.29 is 9.59 Å². The molecule has 1 aromatic heterocycles. The van der Waals surface area contributed by atoms with Gasteiger partial charge in [-0.2, -0.15) is 0 Å². The summed E-state index contributed by atoms with van der Waals surface area (Å²) >= 11 is 0. The summed E-state index contributed by atoms with van der Waals surface area (Å²) in [6.07, 6.45) is 4.18. The molecule has 33 heavy (non-hydrogen) atoms. The maximum absolute atomic E-state index is 13.3. The maximum atomic E-state index is 13.3. The molecule has 0 unspecified atom stereocenters. The monoisotopic (exact) mass is 448 g/mol. The van der Waals surface area contributed by atoms with Crippen LogP contribution in [0, 0.1) is 0 Å². The molecule has 2 aromatic rings. The lowest BCUT2D eigenvalue weighted by Crippen LogP contribution is -2.41. The highest BCUT2D eigenvalue weighted by Crippen LogP contribution is 2.33. The predicted octanol–water partition coefficient (Wildman–Crippen LogP) is 2.61. The quantitative estimate of drug-likeness (QED) is 0.757. The average Bonchev–Trinajstić information content (AvgIpc) is 3.17. The van der Waals surface area contributed by atoms with Crippen molar-refractivity contribution in [2.24, 2.45) is 0 Å². The number of likely N-dealkylation sites (N-methyl/N-ethyl adjacent to an activating group) is 1. The summed E-state index contributed by atoms with van der Waals surface area (Å²) in [7, 11) is 4.01. The van der Waals surface area contributed by atoms with Crippen LogP contribution in [0.1, 0.15) is 64.7 Å². The second-order valence-corrected chi connectivity index (χ2v) is 9.33. The Kier molecular flexibility index (Phi) is 6.01. The van der Waals surface area contributed by atoms with E-state index in [0.717, 1.165) is 67.2 Å². The van der Waals surface area contributed by atoms with Crippen molar-refractivity contribution >= 4 is 17.6 Å². The largest absolute Gasteiger partial charge is 0.373 e. The highest BCUT2D eigenvalue weighted by atomic mass is 16.2. The van der Waals surface area contributed by atoms with E-state index in [2.05, 4.69) is 17.3 Å². The Bertz CT molecular complexity index is 1070. The molecule has 3 aliphatic heterocycles. The second-order valence-electron chi connectivity index (χ2n) is 9.33. The fraction of sp³-hybridized carbons (Fsp3) is 0.520. The van der Waals surface area contributed by atoms with Gasteiger partial charge in [-0.1, -0.05) is 18.2 Å². The molecule has 1 N–H and O–H groups in total. The van der Waals surface area contributed by atoms with E-state index in [4.69, 9.17) is 9.97 Å². The van der Waals surface area contributed by atoms with Crippen molar-refractivity contribution in [1.82, 2.24) is 24.7 Å². The highest BCUT2D eigenvalue weighted by molar-refractivity contribution is 5.98. The van der Waals surface area contributed by atoms with Gasteiger partial charge in [0.1, 0.15) is 5.82 Å². The molecule has 0 radical (unpaired) electrons. The molecular formula is C25H32N6O2. The van der Waals surface area contributed by atoms with Crippen molar-refractivity contribution in [2.75, 3.05) is 39.0 Å². The zero-order chi connectivity index (χ0) is 22.9. The Morgan fingerprint density at radius 1 is 1.15 bits per heavy atom. The maximum Gasteiger partial charge on any atom is 0.254 e. The van der Waals surface area contributed by atoms with Gasteiger partial charge in [-0.15, -0.1) is 0 Å². The molecule has 8 heteroatoms. The first-order chi connectivity index (χ1) is 16.0. The number of likely N-dealkylation sites (tertiary alicyclic amines) is 1. The number of piperidine rings is 1. The summed E-state index contributed by atoms with van der Waals surface area (Å²) in [5, 5.41) is 3.25. The van der Waals surface area contributed by atoms with E-state index in [1.165, 1.54) is 5.56 Å². The molecule has 0 aliphatic carbocycles. The van der Waals surface area contributed by atoms with Crippen molar-refractivity contribution in [1.29, 1.82) is 0 Å². The van der Waals surface area contributed by atoms with E-state index in [9.17, 15) is 9.59 Å². The topological polar surface area (TPSA) is 81.7 Å². The zero-order valence-electron chi connectivity index (χ0n) is 19.5. The zero-order valence-corrected chi connectivity index (χ0v) is 19.5. The van der Waals surface area contributed by atoms with Gasteiger partial charge < -0.3 is 20.0 Å². The lowest BCUT2D eigenvalue weighted by atomic mass is 9.99. The fourth-order valence-electron chi connectivity index (χ4n) is 5.30. The highest BCUT2D eigenvalue weighted by Gasteiger charge is 2.33. The van der Waals surface area contributed by atoms with Gasteiger partial charge in [-0.25, -0.2) is 9.97 Å². The van der Waals surface area contributed by atoms with E-state index in [1.54, 1.807) is 4.90 Å². The summed E-state index contributed by atoms with van der Waals surface area (Å²) < 4.78 is 0. The molecule has 1 atom stereocenters. The summed E-state index contributed by atoms with van der Waals surface area (Å²) in [6, 6.07) is 7.58. The molecule has 0 spiro atoms. The molecule has 1 aromatic carbocycles. The van der Waals surface area contributed by atoms with Crippen LogP contribution in [0.3, 0.4) is 0 Å². The van der Waals surface area contributed by atoms with Crippen LogP contribution in [-0.4, -0.2) is 70.2 Å². The van der Waals surface area contributed by atoms with E-state index in [1.807, 2.05) is 36.2 Å². The molecule has 2 amide bonds. The van der Waals surface area contributed by atoms with Crippen molar-refractivity contribution in [3.63, 3.8) is 0 Å². The normalized spacial score (nSPS) is 20.5. The van der Waals surface area contributed by atoms with E-state index >= 15 is 0 Å². The third-order valence-corrected chi connectivity index (χ3v) is 7.12. The van der Waals surface area contributed by atoms with Gasteiger partial charge >= 0.3 is 0 Å². The number of nitrogens with one attached hydrogen (secondary N) is 1. The standard InChI is InChI=1S/C25H32N6O2/c1-26-23-19-10-13-29(2)16-20(19)27-24(28-23)21-9-5-6-12-31(21)22(32)11-14-30-15-17-7-3-4-8-18(17)25(30)33/h3-4,7-8,21H,5-6,9-16H2,1-2H3,(H,26,27,28)/t21-/m1/s1. The van der Waals surface area contributed by atoms with Crippen molar-refractivity contribution in [3.05, 3.63) is 52.5 Å². The van der Waals surface area contributed by atoms with Crippen LogP contribution < -0.4 is 5.32 Å². The lowest BCUT2D eigenvalue weighted by Gasteiger charge is -2.36. The van der Waals surface area contributed by atoms with Gasteiger partial charge in [0.2, 0.25) is 5.91 Å². The number of hydrogen-bond donors (Lipinski definition) is 1. The first kappa shape index (κ1) is 21.8. The number of hydrogen-bond acceptors (Lipinski definition) is 6. The van der Waals surface area contributed by atoms with Crippen LogP contribution in [0.4, 0.5) is 5.82 Å². The minimum atomic E-state index is -0.109. The van der Waals surface area contributed by atoms with Crippen molar-refractivity contribution in [3.8, 4) is 0 Å². The predicted molar refractivity (Wildman–Crippen MR) is 126 cm³/mol. The van der Waals surface area contributed by atoms with Gasteiger partial charge in [-0.3, -0.25) is 9.59 Å². The molecule has 4 heterocycles. The summed E-state index contributed by atoms with van der Waals surface area (Å²) in [5.41, 5.74) is 4.06. The Hall–Kier alpha value is -3.00.